The van der Waals surface area contributed by atoms with Gasteiger partial charge in [-0.15, -0.1) is 0 Å². The SMILES string of the molecule is CNC(=O)c1cccc([C@H]2CN(C(=O)c3ccccc3CN3CCOCC3)CCN2C)c1. The number of rotatable bonds is 5. The van der Waals surface area contributed by atoms with Gasteiger partial charge in [0.2, 0.25) is 0 Å². The normalized spacial score (nSPS) is 20.2. The summed E-state index contributed by atoms with van der Waals surface area (Å²) in [6.07, 6.45) is 0. The molecule has 1 atom stereocenters. The maximum Gasteiger partial charge on any atom is 0.254 e. The Bertz CT molecular complexity index is 958. The van der Waals surface area contributed by atoms with Crippen LogP contribution in [-0.2, 0) is 11.3 Å². The first-order valence-corrected chi connectivity index (χ1v) is 11.3. The second-order valence-corrected chi connectivity index (χ2v) is 8.50. The number of carbonyl (C=O) groups excluding carboxylic acids is 2. The average Bonchev–Trinajstić information content (AvgIpc) is 2.84. The topological polar surface area (TPSA) is 65.1 Å². The van der Waals surface area contributed by atoms with Crippen LogP contribution in [0, 0.1) is 0 Å². The van der Waals surface area contributed by atoms with Gasteiger partial charge in [-0.3, -0.25) is 19.4 Å². The van der Waals surface area contributed by atoms with E-state index in [1.165, 1.54) is 0 Å². The molecule has 7 nitrogen and oxygen atoms in total. The van der Waals surface area contributed by atoms with E-state index in [1.54, 1.807) is 7.05 Å². The fourth-order valence-electron chi connectivity index (χ4n) is 4.49. The maximum absolute atomic E-state index is 13.6. The van der Waals surface area contributed by atoms with Gasteiger partial charge in [0.1, 0.15) is 0 Å². The molecule has 0 radical (unpaired) electrons. The summed E-state index contributed by atoms with van der Waals surface area (Å²) in [6, 6.07) is 15.7. The zero-order valence-electron chi connectivity index (χ0n) is 18.9. The number of nitrogens with zero attached hydrogens (tertiary/aromatic N) is 3. The Morgan fingerprint density at radius 3 is 2.59 bits per heavy atom. The Morgan fingerprint density at radius 2 is 1.81 bits per heavy atom. The highest BCUT2D eigenvalue weighted by Crippen LogP contribution is 2.26. The van der Waals surface area contributed by atoms with Crippen LogP contribution < -0.4 is 5.32 Å². The van der Waals surface area contributed by atoms with E-state index in [-0.39, 0.29) is 17.9 Å². The summed E-state index contributed by atoms with van der Waals surface area (Å²) in [5.74, 6) is -0.0234. The van der Waals surface area contributed by atoms with Gasteiger partial charge in [0.15, 0.2) is 0 Å². The van der Waals surface area contributed by atoms with Gasteiger partial charge in [0.25, 0.3) is 11.8 Å². The van der Waals surface area contributed by atoms with Crippen molar-refractivity contribution in [1.82, 2.24) is 20.0 Å². The van der Waals surface area contributed by atoms with E-state index < -0.39 is 0 Å². The summed E-state index contributed by atoms with van der Waals surface area (Å²) >= 11 is 0. The van der Waals surface area contributed by atoms with Gasteiger partial charge >= 0.3 is 0 Å². The number of carbonyl (C=O) groups is 2. The highest BCUT2D eigenvalue weighted by Gasteiger charge is 2.30. The molecule has 2 fully saturated rings. The lowest BCUT2D eigenvalue weighted by molar-refractivity contribution is 0.0338. The molecule has 2 aliphatic rings. The molecule has 0 bridgehead atoms. The monoisotopic (exact) mass is 436 g/mol. The van der Waals surface area contributed by atoms with Gasteiger partial charge in [0, 0.05) is 57.4 Å². The largest absolute Gasteiger partial charge is 0.379 e. The number of amides is 2. The van der Waals surface area contributed by atoms with Crippen LogP contribution in [-0.4, -0.2) is 86.5 Å². The number of morpholine rings is 1. The highest BCUT2D eigenvalue weighted by molar-refractivity contribution is 5.96. The van der Waals surface area contributed by atoms with Crippen LogP contribution in [0.5, 0.6) is 0 Å². The molecule has 2 aromatic rings. The summed E-state index contributed by atoms with van der Waals surface area (Å²) in [5, 5.41) is 2.68. The number of ether oxygens (including phenoxy) is 1. The van der Waals surface area contributed by atoms with Crippen molar-refractivity contribution in [2.45, 2.75) is 12.6 Å². The van der Waals surface area contributed by atoms with E-state index >= 15 is 0 Å². The number of hydrogen-bond acceptors (Lipinski definition) is 5. The smallest absolute Gasteiger partial charge is 0.254 e. The average molecular weight is 437 g/mol. The number of piperazine rings is 1. The molecule has 0 saturated carbocycles. The molecule has 2 aliphatic heterocycles. The van der Waals surface area contributed by atoms with Gasteiger partial charge in [-0.2, -0.15) is 0 Å². The fraction of sp³-hybridized carbons (Fsp3) is 0.440. The Kier molecular flexibility index (Phi) is 7.19. The van der Waals surface area contributed by atoms with E-state index in [9.17, 15) is 9.59 Å². The molecule has 32 heavy (non-hydrogen) atoms. The molecule has 0 aliphatic carbocycles. The van der Waals surface area contributed by atoms with E-state index in [4.69, 9.17) is 4.74 Å². The summed E-state index contributed by atoms with van der Waals surface area (Å²) < 4.78 is 5.46. The molecule has 170 valence electrons. The lowest BCUT2D eigenvalue weighted by Crippen LogP contribution is -2.49. The first kappa shape index (κ1) is 22.5. The lowest BCUT2D eigenvalue weighted by Gasteiger charge is -2.40. The van der Waals surface area contributed by atoms with Gasteiger partial charge in [0.05, 0.1) is 19.3 Å². The van der Waals surface area contributed by atoms with Crippen LogP contribution in [0.1, 0.15) is 37.9 Å². The molecule has 2 saturated heterocycles. The van der Waals surface area contributed by atoms with Crippen molar-refractivity contribution in [3.05, 3.63) is 70.8 Å². The molecule has 4 rings (SSSR count). The molecule has 2 heterocycles. The third-order valence-electron chi connectivity index (χ3n) is 6.44. The summed E-state index contributed by atoms with van der Waals surface area (Å²) in [4.78, 5) is 32.2. The summed E-state index contributed by atoms with van der Waals surface area (Å²) in [5.41, 5.74) is 3.53. The predicted molar refractivity (Wildman–Crippen MR) is 124 cm³/mol. The Balaban J connectivity index is 1.52. The summed E-state index contributed by atoms with van der Waals surface area (Å²) in [6.45, 7) is 6.09. The third-order valence-corrected chi connectivity index (χ3v) is 6.44. The van der Waals surface area contributed by atoms with Gasteiger partial charge in [-0.05, 0) is 36.4 Å². The predicted octanol–water partition coefficient (Wildman–Crippen LogP) is 2.01. The Hall–Kier alpha value is -2.74. The minimum atomic E-state index is -0.102. The van der Waals surface area contributed by atoms with Crippen LogP contribution >= 0.6 is 0 Å². The van der Waals surface area contributed by atoms with E-state index in [2.05, 4.69) is 28.2 Å². The van der Waals surface area contributed by atoms with Crippen molar-refractivity contribution in [1.29, 1.82) is 0 Å². The highest BCUT2D eigenvalue weighted by atomic mass is 16.5. The minimum absolute atomic E-state index is 0.0451. The molecule has 1 N–H and O–H groups in total. The van der Waals surface area contributed by atoms with Crippen LogP contribution in [0.2, 0.25) is 0 Å². The number of likely N-dealkylation sites (N-methyl/N-ethyl adjacent to an activating group) is 1. The molecular weight excluding hydrogens is 404 g/mol. The van der Waals surface area contributed by atoms with Gasteiger partial charge in [-0.1, -0.05) is 30.3 Å². The van der Waals surface area contributed by atoms with Crippen LogP contribution in [0.15, 0.2) is 48.5 Å². The van der Waals surface area contributed by atoms with Crippen molar-refractivity contribution >= 4 is 11.8 Å². The first-order chi connectivity index (χ1) is 15.6. The zero-order chi connectivity index (χ0) is 22.5. The maximum atomic E-state index is 13.6. The van der Waals surface area contributed by atoms with Gasteiger partial charge in [-0.25, -0.2) is 0 Å². The summed E-state index contributed by atoms with van der Waals surface area (Å²) in [7, 11) is 3.71. The number of hydrogen-bond donors (Lipinski definition) is 1. The second-order valence-electron chi connectivity index (χ2n) is 8.50. The van der Waals surface area contributed by atoms with Crippen LogP contribution in [0.4, 0.5) is 0 Å². The van der Waals surface area contributed by atoms with Gasteiger partial charge < -0.3 is 15.0 Å². The first-order valence-electron chi connectivity index (χ1n) is 11.3. The minimum Gasteiger partial charge on any atom is -0.379 e. The van der Waals surface area contributed by atoms with Crippen molar-refractivity contribution in [2.24, 2.45) is 0 Å². The standard InChI is InChI=1S/C25H32N4O3/c1-26-24(30)20-8-5-7-19(16-20)23-18-29(11-10-27(23)2)25(31)22-9-4-3-6-21(22)17-28-12-14-32-15-13-28/h3-9,16,23H,10-15,17-18H2,1-2H3,(H,26,30)/t23-/m1/s1. The fourth-order valence-corrected chi connectivity index (χ4v) is 4.49. The number of benzene rings is 2. The van der Waals surface area contributed by atoms with E-state index in [0.29, 0.717) is 18.7 Å². The molecule has 0 spiro atoms. The van der Waals surface area contributed by atoms with Crippen molar-refractivity contribution in [2.75, 3.05) is 60.0 Å². The molecular formula is C25H32N4O3. The van der Waals surface area contributed by atoms with Crippen LogP contribution in [0.25, 0.3) is 0 Å². The van der Waals surface area contributed by atoms with E-state index in [1.807, 2.05) is 47.4 Å². The molecule has 2 aromatic carbocycles. The second kappa shape index (κ2) is 10.3. The molecule has 2 amide bonds. The third kappa shape index (κ3) is 5.01. The molecule has 0 unspecified atom stereocenters. The van der Waals surface area contributed by atoms with Crippen LogP contribution in [0.3, 0.4) is 0 Å². The van der Waals surface area contributed by atoms with Crippen molar-refractivity contribution in [3.8, 4) is 0 Å². The zero-order valence-corrected chi connectivity index (χ0v) is 18.9. The van der Waals surface area contributed by atoms with E-state index in [0.717, 1.165) is 56.1 Å². The van der Waals surface area contributed by atoms with Crippen molar-refractivity contribution in [3.63, 3.8) is 0 Å². The molecule has 7 heteroatoms. The Morgan fingerprint density at radius 1 is 1.03 bits per heavy atom. The lowest BCUT2D eigenvalue weighted by atomic mass is 9.99. The number of nitrogens with one attached hydrogen (secondary N) is 1. The molecule has 0 aromatic heterocycles. The quantitative estimate of drug-likeness (QED) is 0.777. The van der Waals surface area contributed by atoms with Crippen molar-refractivity contribution < 1.29 is 14.3 Å². The Labute approximate surface area is 189 Å².